The van der Waals surface area contributed by atoms with Crippen molar-refractivity contribution >= 4 is 5.78 Å². The lowest BCUT2D eigenvalue weighted by molar-refractivity contribution is 0.0843. The number of carbonyl (C=O) groups is 1. The Bertz CT molecular complexity index is 836. The third-order valence-electron chi connectivity index (χ3n) is 6.03. The van der Waals surface area contributed by atoms with Crippen LogP contribution in [0.25, 0.3) is 0 Å². The topological polar surface area (TPSA) is 46.9 Å². The van der Waals surface area contributed by atoms with Crippen LogP contribution in [0.1, 0.15) is 40.3 Å². The lowest BCUT2D eigenvalue weighted by Crippen LogP contribution is -2.47. The van der Waals surface area contributed by atoms with E-state index in [2.05, 4.69) is 40.3 Å². The summed E-state index contributed by atoms with van der Waals surface area (Å²) in [6, 6.07) is 10.5. The van der Waals surface area contributed by atoms with Crippen LogP contribution in [0.3, 0.4) is 0 Å². The van der Waals surface area contributed by atoms with Crippen molar-refractivity contribution in [2.24, 2.45) is 0 Å². The van der Waals surface area contributed by atoms with Gasteiger partial charge in [0.1, 0.15) is 5.75 Å². The summed E-state index contributed by atoms with van der Waals surface area (Å²) in [4.78, 5) is 17.7. The van der Waals surface area contributed by atoms with Gasteiger partial charge in [-0.2, -0.15) is 0 Å². The lowest BCUT2D eigenvalue weighted by Gasteiger charge is -2.34. The summed E-state index contributed by atoms with van der Waals surface area (Å²) in [7, 11) is 3.40. The van der Waals surface area contributed by atoms with E-state index in [4.69, 9.17) is 9.47 Å². The largest absolute Gasteiger partial charge is 0.497 e. The Morgan fingerprint density at radius 1 is 1.03 bits per heavy atom. The van der Waals surface area contributed by atoms with Gasteiger partial charge < -0.3 is 14.0 Å². The molecule has 1 saturated heterocycles. The lowest BCUT2D eigenvalue weighted by atomic mass is 10.1. The van der Waals surface area contributed by atoms with Crippen LogP contribution in [-0.4, -0.2) is 73.7 Å². The number of rotatable bonds is 9. The number of nitrogens with zero attached hydrogens (tertiary/aromatic N) is 3. The first kappa shape index (κ1) is 22.5. The molecule has 6 nitrogen and oxygen atoms in total. The molecule has 0 N–H and O–H groups in total. The standard InChI is InChI=1S/C24H35N3O3/c1-18-14-23(20(3)27(18)19(2)17-29-4)24(28)16-26-12-10-25(11-13-26)15-21-6-8-22(30-5)9-7-21/h6-9,14,19H,10-13,15-17H2,1-5H3/t19-/m0/s1. The van der Waals surface area contributed by atoms with Gasteiger partial charge in [-0.1, -0.05) is 12.1 Å². The number of carbonyl (C=O) groups excluding carboxylic acids is 1. The number of aryl methyl sites for hydroxylation is 1. The molecular weight excluding hydrogens is 378 g/mol. The summed E-state index contributed by atoms with van der Waals surface area (Å²) < 4.78 is 12.7. The number of hydrogen-bond donors (Lipinski definition) is 0. The molecule has 1 aromatic carbocycles. The minimum atomic E-state index is 0.211. The molecule has 0 spiro atoms. The number of benzene rings is 1. The minimum absolute atomic E-state index is 0.211. The first-order chi connectivity index (χ1) is 14.4. The number of aromatic nitrogens is 1. The van der Waals surface area contributed by atoms with Crippen molar-refractivity contribution in [2.45, 2.75) is 33.4 Å². The minimum Gasteiger partial charge on any atom is -0.497 e. The van der Waals surface area contributed by atoms with Crippen LogP contribution in [-0.2, 0) is 11.3 Å². The van der Waals surface area contributed by atoms with E-state index in [9.17, 15) is 4.79 Å². The van der Waals surface area contributed by atoms with Crippen LogP contribution in [0, 0.1) is 13.8 Å². The molecule has 0 bridgehead atoms. The maximum atomic E-state index is 13.0. The van der Waals surface area contributed by atoms with E-state index < -0.39 is 0 Å². The molecule has 1 aromatic heterocycles. The highest BCUT2D eigenvalue weighted by molar-refractivity contribution is 5.99. The van der Waals surface area contributed by atoms with Gasteiger partial charge in [0.25, 0.3) is 0 Å². The average molecular weight is 414 g/mol. The van der Waals surface area contributed by atoms with Crippen molar-refractivity contribution in [3.05, 3.63) is 52.8 Å². The first-order valence-electron chi connectivity index (χ1n) is 10.7. The Hall–Kier alpha value is -2.15. The average Bonchev–Trinajstić information content (AvgIpc) is 3.04. The normalized spacial score (nSPS) is 16.6. The van der Waals surface area contributed by atoms with Crippen LogP contribution < -0.4 is 4.74 Å². The van der Waals surface area contributed by atoms with E-state index in [0.29, 0.717) is 13.2 Å². The fraction of sp³-hybridized carbons (Fsp3) is 0.542. The highest BCUT2D eigenvalue weighted by atomic mass is 16.5. The Labute approximate surface area is 180 Å². The van der Waals surface area contributed by atoms with Gasteiger partial charge in [0.2, 0.25) is 0 Å². The van der Waals surface area contributed by atoms with Gasteiger partial charge in [0.05, 0.1) is 26.3 Å². The number of methoxy groups -OCH3 is 2. The summed E-state index contributed by atoms with van der Waals surface area (Å²) in [5.74, 6) is 1.10. The predicted octanol–water partition coefficient (Wildman–Crippen LogP) is 3.32. The van der Waals surface area contributed by atoms with Crippen molar-refractivity contribution in [3.8, 4) is 5.75 Å². The molecular formula is C24H35N3O3. The van der Waals surface area contributed by atoms with Crippen LogP contribution in [0.2, 0.25) is 0 Å². The van der Waals surface area contributed by atoms with Crippen LogP contribution in [0.15, 0.2) is 30.3 Å². The van der Waals surface area contributed by atoms with Crippen molar-refractivity contribution < 1.29 is 14.3 Å². The SMILES string of the molecule is COC[C@H](C)n1c(C)cc(C(=O)CN2CCN(Cc3ccc(OC)cc3)CC2)c1C. The summed E-state index contributed by atoms with van der Waals surface area (Å²) in [5, 5.41) is 0. The quantitative estimate of drug-likeness (QED) is 0.590. The summed E-state index contributed by atoms with van der Waals surface area (Å²) in [6.07, 6.45) is 0. The van der Waals surface area contributed by atoms with E-state index in [0.717, 1.165) is 55.4 Å². The molecule has 3 rings (SSSR count). The monoisotopic (exact) mass is 413 g/mol. The van der Waals surface area contributed by atoms with Gasteiger partial charge in [0.15, 0.2) is 5.78 Å². The molecule has 0 unspecified atom stereocenters. The zero-order chi connectivity index (χ0) is 21.7. The molecule has 1 fully saturated rings. The molecule has 1 aliphatic heterocycles. The number of hydrogen-bond acceptors (Lipinski definition) is 5. The molecule has 1 atom stereocenters. The van der Waals surface area contributed by atoms with Gasteiger partial charge in [-0.25, -0.2) is 0 Å². The van der Waals surface area contributed by atoms with E-state index in [1.165, 1.54) is 5.56 Å². The molecule has 164 valence electrons. The second-order valence-corrected chi connectivity index (χ2v) is 8.28. The Balaban J connectivity index is 1.53. The summed E-state index contributed by atoms with van der Waals surface area (Å²) in [5.41, 5.74) is 4.29. The van der Waals surface area contributed by atoms with E-state index >= 15 is 0 Å². The fourth-order valence-corrected chi connectivity index (χ4v) is 4.44. The van der Waals surface area contributed by atoms with Crippen molar-refractivity contribution in [3.63, 3.8) is 0 Å². The van der Waals surface area contributed by atoms with Crippen LogP contribution in [0.4, 0.5) is 0 Å². The van der Waals surface area contributed by atoms with Gasteiger partial charge in [-0.3, -0.25) is 14.6 Å². The smallest absolute Gasteiger partial charge is 0.178 e. The third kappa shape index (κ3) is 5.31. The van der Waals surface area contributed by atoms with Gasteiger partial charge in [-0.15, -0.1) is 0 Å². The fourth-order valence-electron chi connectivity index (χ4n) is 4.44. The Morgan fingerprint density at radius 2 is 1.67 bits per heavy atom. The molecule has 1 aliphatic rings. The molecule has 0 radical (unpaired) electrons. The first-order valence-corrected chi connectivity index (χ1v) is 10.7. The van der Waals surface area contributed by atoms with Crippen molar-refractivity contribution in [1.29, 1.82) is 0 Å². The molecule has 6 heteroatoms. The van der Waals surface area contributed by atoms with E-state index in [1.807, 2.05) is 25.1 Å². The summed E-state index contributed by atoms with van der Waals surface area (Å²) in [6.45, 7) is 12.1. The van der Waals surface area contributed by atoms with E-state index in [1.54, 1.807) is 14.2 Å². The number of piperazine rings is 1. The second kappa shape index (κ2) is 10.2. The van der Waals surface area contributed by atoms with E-state index in [-0.39, 0.29) is 11.8 Å². The van der Waals surface area contributed by atoms with Gasteiger partial charge in [-0.05, 0) is 44.5 Å². The second-order valence-electron chi connectivity index (χ2n) is 8.28. The van der Waals surface area contributed by atoms with Crippen LogP contribution in [0.5, 0.6) is 5.75 Å². The number of ether oxygens (including phenoxy) is 2. The molecule has 0 amide bonds. The van der Waals surface area contributed by atoms with Crippen molar-refractivity contribution in [2.75, 3.05) is 53.6 Å². The predicted molar refractivity (Wildman–Crippen MR) is 120 cm³/mol. The molecule has 2 aromatic rings. The maximum absolute atomic E-state index is 13.0. The Morgan fingerprint density at radius 3 is 2.27 bits per heavy atom. The highest BCUT2D eigenvalue weighted by Crippen LogP contribution is 2.22. The molecule has 0 aliphatic carbocycles. The number of ketones is 1. The highest BCUT2D eigenvalue weighted by Gasteiger charge is 2.23. The zero-order valence-corrected chi connectivity index (χ0v) is 19.0. The summed E-state index contributed by atoms with van der Waals surface area (Å²) >= 11 is 0. The third-order valence-corrected chi connectivity index (χ3v) is 6.03. The Kier molecular flexibility index (Phi) is 7.69. The maximum Gasteiger partial charge on any atom is 0.178 e. The molecule has 0 saturated carbocycles. The van der Waals surface area contributed by atoms with Gasteiger partial charge in [0, 0.05) is 56.8 Å². The van der Waals surface area contributed by atoms with Crippen LogP contribution >= 0.6 is 0 Å². The van der Waals surface area contributed by atoms with Gasteiger partial charge >= 0.3 is 0 Å². The zero-order valence-electron chi connectivity index (χ0n) is 19.0. The molecule has 2 heterocycles. The molecule has 30 heavy (non-hydrogen) atoms. The van der Waals surface area contributed by atoms with Crippen molar-refractivity contribution in [1.82, 2.24) is 14.4 Å². The number of Topliss-reactive ketones (excluding diaryl/α,β-unsaturated/α-hetero) is 1.